The number of amides is 1. The summed E-state index contributed by atoms with van der Waals surface area (Å²) in [4.78, 5) is 45.4. The molecule has 218 valence electrons. The number of methoxy groups -OCH3 is 1. The van der Waals surface area contributed by atoms with Crippen LogP contribution in [0.2, 0.25) is 0 Å². The van der Waals surface area contributed by atoms with Crippen molar-refractivity contribution < 1.29 is 28.8 Å². The highest BCUT2D eigenvalue weighted by Gasteiger charge is 2.35. The molecule has 3 aromatic rings. The molecule has 0 radical (unpaired) electrons. The molecule has 0 bridgehead atoms. The lowest BCUT2D eigenvalue weighted by molar-refractivity contribution is -0.153. The maximum absolute atomic E-state index is 13.7. The number of nitrogens with one attached hydrogen (secondary N) is 2. The molecule has 0 aliphatic carbocycles. The molecule has 0 spiro atoms. The molecule has 1 unspecified atom stereocenters. The maximum Gasteiger partial charge on any atom is 0.328 e. The fraction of sp³-hybridized carbons (Fsp3) is 0.344. The van der Waals surface area contributed by atoms with Crippen LogP contribution in [0.3, 0.4) is 0 Å². The summed E-state index contributed by atoms with van der Waals surface area (Å²) in [6.45, 7) is 6.17. The number of benzene rings is 3. The number of para-hydroxylation sites is 1. The number of ether oxygens (including phenoxy) is 2. The Labute approximate surface area is 243 Å². The molecular weight excluding hydrogens is 539 g/mol. The minimum atomic E-state index is -1.82. The average Bonchev–Trinajstić information content (AvgIpc) is 2.98. The van der Waals surface area contributed by atoms with Crippen LogP contribution >= 0.6 is 7.77 Å². The second-order valence-electron chi connectivity index (χ2n) is 9.85. The third kappa shape index (κ3) is 10.0. The summed E-state index contributed by atoms with van der Waals surface area (Å²) in [5.41, 5.74) is 4.68. The lowest BCUT2D eigenvalue weighted by atomic mass is 10.0. The number of hydrogen-bond donors (Lipinski definition) is 2. The van der Waals surface area contributed by atoms with Gasteiger partial charge in [-0.15, -0.1) is 5.48 Å². The van der Waals surface area contributed by atoms with E-state index >= 15 is 0 Å². The van der Waals surface area contributed by atoms with Gasteiger partial charge in [-0.25, -0.2) is 4.79 Å². The van der Waals surface area contributed by atoms with Crippen LogP contribution in [0.15, 0.2) is 84.9 Å². The second-order valence-corrected chi connectivity index (χ2v) is 11.6. The summed E-state index contributed by atoms with van der Waals surface area (Å²) in [6.07, 6.45) is 1.34. The SMILES string of the molecule is CCC[P+]([O-])=C(C(C)C)[C@H](NOc1ccccc1)C(=O)N[C@@H](Cc1ccc(OCc2ccccc2)cc1)C(=O)OC. The summed E-state index contributed by atoms with van der Waals surface area (Å²) in [7, 11) is -0.541. The fourth-order valence-corrected chi connectivity index (χ4v) is 5.95. The Hall–Kier alpha value is -3.71. The van der Waals surface area contributed by atoms with Crippen molar-refractivity contribution in [3.05, 3.63) is 96.1 Å². The molecule has 0 aliphatic rings. The van der Waals surface area contributed by atoms with Crippen LogP contribution in [0.1, 0.15) is 38.3 Å². The molecule has 41 heavy (non-hydrogen) atoms. The Morgan fingerprint density at radius 2 is 1.51 bits per heavy atom. The van der Waals surface area contributed by atoms with Crippen molar-refractivity contribution in [2.75, 3.05) is 13.3 Å². The summed E-state index contributed by atoms with van der Waals surface area (Å²) < 4.78 is 10.9. The van der Waals surface area contributed by atoms with Gasteiger partial charge in [0.25, 0.3) is 0 Å². The van der Waals surface area contributed by atoms with Crippen molar-refractivity contribution in [1.29, 1.82) is 0 Å². The predicted octanol–water partition coefficient (Wildman–Crippen LogP) is 4.41. The van der Waals surface area contributed by atoms with Crippen LogP contribution in [0.5, 0.6) is 11.5 Å². The van der Waals surface area contributed by atoms with Crippen LogP contribution in [0.25, 0.3) is 0 Å². The van der Waals surface area contributed by atoms with Gasteiger partial charge >= 0.3 is 5.97 Å². The van der Waals surface area contributed by atoms with E-state index in [-0.39, 0.29) is 12.3 Å². The second kappa shape index (κ2) is 16.5. The Morgan fingerprint density at radius 3 is 2.10 bits per heavy atom. The average molecular weight is 579 g/mol. The molecular formula is C32H39N2O6P. The van der Waals surface area contributed by atoms with Gasteiger partial charge in [0.05, 0.1) is 14.9 Å². The Balaban J connectivity index is 1.77. The minimum absolute atomic E-state index is 0.173. The molecule has 0 fully saturated rings. The first-order chi connectivity index (χ1) is 19.8. The number of carbonyl (C=O) groups is 2. The highest BCUT2D eigenvalue weighted by molar-refractivity contribution is 7.52. The Kier molecular flexibility index (Phi) is 12.8. The standard InChI is InChI=1S/C32H39N2O6P/c1-5-20-41(37)30(23(2)3)29(34-40-27-14-10-7-11-15-27)31(35)33-28(32(36)38-4)21-24-16-18-26(19-17-24)39-22-25-12-8-6-9-13-25/h6-19,23,28-29,34H,5,20-22H2,1-4H3,(H,33,35)/t28-,29-/m0/s1. The number of hydrogen-bond acceptors (Lipinski definition) is 7. The number of rotatable bonds is 15. The smallest absolute Gasteiger partial charge is 0.328 e. The molecule has 0 aromatic heterocycles. The molecule has 8 nitrogen and oxygen atoms in total. The first kappa shape index (κ1) is 31.8. The molecule has 2 N–H and O–H groups in total. The molecule has 3 atom stereocenters. The van der Waals surface area contributed by atoms with Crippen molar-refractivity contribution in [1.82, 2.24) is 10.8 Å². The van der Waals surface area contributed by atoms with E-state index in [0.717, 1.165) is 11.1 Å². The molecule has 0 saturated carbocycles. The third-order valence-corrected chi connectivity index (χ3v) is 8.52. The van der Waals surface area contributed by atoms with Gasteiger partial charge in [-0.3, -0.25) is 4.79 Å². The van der Waals surface area contributed by atoms with E-state index in [1.807, 2.05) is 93.6 Å². The van der Waals surface area contributed by atoms with Crippen molar-refractivity contribution in [2.45, 2.75) is 52.3 Å². The van der Waals surface area contributed by atoms with E-state index in [1.54, 1.807) is 12.1 Å². The van der Waals surface area contributed by atoms with Gasteiger partial charge in [0.15, 0.2) is 6.04 Å². The van der Waals surface area contributed by atoms with Gasteiger partial charge in [0.2, 0.25) is 5.91 Å². The third-order valence-electron chi connectivity index (χ3n) is 6.32. The lowest BCUT2D eigenvalue weighted by Crippen LogP contribution is -2.56. The van der Waals surface area contributed by atoms with E-state index in [0.29, 0.717) is 36.0 Å². The van der Waals surface area contributed by atoms with Crippen molar-refractivity contribution in [2.24, 2.45) is 5.92 Å². The first-order valence-electron chi connectivity index (χ1n) is 13.7. The molecule has 3 rings (SSSR count). The van der Waals surface area contributed by atoms with E-state index in [1.165, 1.54) is 7.11 Å². The largest absolute Gasteiger partial charge is 0.630 e. The zero-order chi connectivity index (χ0) is 29.6. The zero-order valence-electron chi connectivity index (χ0n) is 24.0. The summed E-state index contributed by atoms with van der Waals surface area (Å²) in [5.74, 6) is -0.0997. The summed E-state index contributed by atoms with van der Waals surface area (Å²) in [6, 6.07) is 24.1. The number of esters is 1. The van der Waals surface area contributed by atoms with Crippen molar-refractivity contribution in [3.8, 4) is 11.5 Å². The zero-order valence-corrected chi connectivity index (χ0v) is 24.9. The van der Waals surface area contributed by atoms with Gasteiger partial charge in [0, 0.05) is 12.3 Å². The van der Waals surface area contributed by atoms with Crippen LogP contribution in [0.4, 0.5) is 0 Å². The van der Waals surface area contributed by atoms with Gasteiger partial charge in [-0.05, 0) is 41.8 Å². The first-order valence-corrected chi connectivity index (χ1v) is 15.2. The fourth-order valence-electron chi connectivity index (χ4n) is 4.25. The van der Waals surface area contributed by atoms with E-state index < -0.39 is 31.7 Å². The monoisotopic (exact) mass is 578 g/mol. The lowest BCUT2D eigenvalue weighted by Gasteiger charge is -2.24. The van der Waals surface area contributed by atoms with Crippen LogP contribution in [-0.2, 0) is 27.4 Å². The highest BCUT2D eigenvalue weighted by atomic mass is 31.1. The molecule has 0 aliphatic heterocycles. The molecule has 9 heteroatoms. The van der Waals surface area contributed by atoms with Crippen molar-refractivity contribution >= 4 is 24.9 Å². The number of carbonyl (C=O) groups excluding carboxylic acids is 2. The summed E-state index contributed by atoms with van der Waals surface area (Å²) >= 11 is 0. The maximum atomic E-state index is 13.7. The predicted molar refractivity (Wildman–Crippen MR) is 161 cm³/mol. The Morgan fingerprint density at radius 1 is 0.878 bits per heavy atom. The molecule has 3 aromatic carbocycles. The van der Waals surface area contributed by atoms with Gasteiger partial charge < -0.3 is 24.5 Å². The molecule has 0 heterocycles. The highest BCUT2D eigenvalue weighted by Crippen LogP contribution is 2.23. The number of hydroxylamine groups is 1. The van der Waals surface area contributed by atoms with Crippen molar-refractivity contribution in [3.63, 3.8) is 0 Å². The normalized spacial score (nSPS) is 13.1. The van der Waals surface area contributed by atoms with Crippen LogP contribution in [-0.4, -0.2) is 42.5 Å². The minimum Gasteiger partial charge on any atom is -0.630 e. The van der Waals surface area contributed by atoms with Crippen LogP contribution < -0.4 is 25.3 Å². The Bertz CT molecular complexity index is 1270. The molecule has 0 saturated heterocycles. The topological polar surface area (TPSA) is 109 Å². The quantitative estimate of drug-likeness (QED) is 0.156. The summed E-state index contributed by atoms with van der Waals surface area (Å²) in [5, 5.41) is 3.34. The van der Waals surface area contributed by atoms with Crippen LogP contribution in [0, 0.1) is 5.92 Å². The van der Waals surface area contributed by atoms with Gasteiger partial charge in [-0.1, -0.05) is 81.4 Å². The van der Waals surface area contributed by atoms with E-state index in [2.05, 4.69) is 10.8 Å². The van der Waals surface area contributed by atoms with E-state index in [4.69, 9.17) is 14.3 Å². The molecule has 1 amide bonds. The van der Waals surface area contributed by atoms with Gasteiger partial charge in [0.1, 0.15) is 35.6 Å². The van der Waals surface area contributed by atoms with E-state index in [9.17, 15) is 14.5 Å². The van der Waals surface area contributed by atoms with Gasteiger partial charge in [-0.2, -0.15) is 0 Å².